The molecular weight excluding hydrogens is 338 g/mol. The van der Waals surface area contributed by atoms with E-state index in [0.29, 0.717) is 5.69 Å². The van der Waals surface area contributed by atoms with Crippen molar-refractivity contribution in [3.05, 3.63) is 90.0 Å². The van der Waals surface area contributed by atoms with Crippen molar-refractivity contribution in [2.24, 2.45) is 0 Å². The number of nitrogens with one attached hydrogen (secondary N) is 1. The highest BCUT2D eigenvalue weighted by Gasteiger charge is 2.06. The van der Waals surface area contributed by atoms with Gasteiger partial charge < -0.3 is 10.1 Å². The highest BCUT2D eigenvalue weighted by molar-refractivity contribution is 5.88. The predicted molar refractivity (Wildman–Crippen MR) is 106 cm³/mol. The van der Waals surface area contributed by atoms with Gasteiger partial charge in [-0.1, -0.05) is 66.7 Å². The molecule has 0 saturated heterocycles. The first-order valence-corrected chi connectivity index (χ1v) is 8.77. The van der Waals surface area contributed by atoms with Crippen molar-refractivity contribution in [1.29, 1.82) is 0 Å². The van der Waals surface area contributed by atoms with Crippen molar-refractivity contribution in [1.82, 2.24) is 0 Å². The van der Waals surface area contributed by atoms with Crippen molar-refractivity contribution in [3.8, 4) is 11.1 Å². The van der Waals surface area contributed by atoms with Gasteiger partial charge in [-0.3, -0.25) is 9.59 Å². The van der Waals surface area contributed by atoms with Gasteiger partial charge in [-0.15, -0.1) is 0 Å². The standard InChI is InChI=1S/C23H21NO3/c1-17(25)24-22-13-9-18(10-14-22)15-23(26)27-16-19-7-11-21(12-8-19)20-5-3-2-4-6-20/h2-14H,15-16H2,1H3,(H,24,25). The minimum atomic E-state index is -0.283. The summed E-state index contributed by atoms with van der Waals surface area (Å²) in [6.45, 7) is 1.70. The Morgan fingerprint density at radius 1 is 0.778 bits per heavy atom. The Hall–Kier alpha value is -3.40. The first-order valence-electron chi connectivity index (χ1n) is 8.77. The molecule has 0 unspecified atom stereocenters. The second kappa shape index (κ2) is 8.81. The fraction of sp³-hybridized carbons (Fsp3) is 0.130. The molecule has 136 valence electrons. The summed E-state index contributed by atoms with van der Waals surface area (Å²) < 4.78 is 5.36. The molecule has 0 saturated carbocycles. The fourth-order valence-electron chi connectivity index (χ4n) is 2.71. The van der Waals surface area contributed by atoms with E-state index in [-0.39, 0.29) is 24.9 Å². The number of hydrogen-bond donors (Lipinski definition) is 1. The molecule has 3 aromatic rings. The summed E-state index contributed by atoms with van der Waals surface area (Å²) in [6, 6.07) is 25.3. The monoisotopic (exact) mass is 359 g/mol. The highest BCUT2D eigenvalue weighted by atomic mass is 16.5. The van der Waals surface area contributed by atoms with Crippen LogP contribution in [0.2, 0.25) is 0 Å². The van der Waals surface area contributed by atoms with Crippen molar-refractivity contribution in [2.45, 2.75) is 20.0 Å². The molecule has 27 heavy (non-hydrogen) atoms. The van der Waals surface area contributed by atoms with Gasteiger partial charge in [-0.2, -0.15) is 0 Å². The van der Waals surface area contributed by atoms with Gasteiger partial charge in [0.05, 0.1) is 6.42 Å². The molecule has 3 rings (SSSR count). The normalized spacial score (nSPS) is 10.3. The first kappa shape index (κ1) is 18.4. The molecule has 3 aromatic carbocycles. The highest BCUT2D eigenvalue weighted by Crippen LogP contribution is 2.19. The van der Waals surface area contributed by atoms with Crippen molar-refractivity contribution in [2.75, 3.05) is 5.32 Å². The molecule has 0 bridgehead atoms. The van der Waals surface area contributed by atoms with Crippen LogP contribution in [0.5, 0.6) is 0 Å². The molecule has 4 nitrogen and oxygen atoms in total. The van der Waals surface area contributed by atoms with E-state index in [1.165, 1.54) is 6.92 Å². The zero-order valence-corrected chi connectivity index (χ0v) is 15.1. The van der Waals surface area contributed by atoms with E-state index in [1.54, 1.807) is 24.3 Å². The van der Waals surface area contributed by atoms with Crippen LogP contribution in [0.3, 0.4) is 0 Å². The third-order valence-corrected chi connectivity index (χ3v) is 4.08. The van der Waals surface area contributed by atoms with Crippen LogP contribution in [-0.4, -0.2) is 11.9 Å². The fourth-order valence-corrected chi connectivity index (χ4v) is 2.71. The molecular formula is C23H21NO3. The summed E-state index contributed by atoms with van der Waals surface area (Å²) in [6.07, 6.45) is 0.197. The van der Waals surface area contributed by atoms with E-state index >= 15 is 0 Å². The average molecular weight is 359 g/mol. The van der Waals surface area contributed by atoms with E-state index in [0.717, 1.165) is 22.3 Å². The minimum Gasteiger partial charge on any atom is -0.461 e. The second-order valence-corrected chi connectivity index (χ2v) is 6.28. The van der Waals surface area contributed by atoms with Gasteiger partial charge in [-0.05, 0) is 34.4 Å². The van der Waals surface area contributed by atoms with E-state index < -0.39 is 0 Å². The number of amides is 1. The van der Waals surface area contributed by atoms with Crippen molar-refractivity contribution in [3.63, 3.8) is 0 Å². The quantitative estimate of drug-likeness (QED) is 0.655. The van der Waals surface area contributed by atoms with E-state index in [1.807, 2.05) is 42.5 Å². The number of hydrogen-bond acceptors (Lipinski definition) is 3. The number of ether oxygens (including phenoxy) is 1. The number of carbonyl (C=O) groups is 2. The first-order chi connectivity index (χ1) is 13.1. The largest absolute Gasteiger partial charge is 0.461 e. The molecule has 0 aliphatic heterocycles. The molecule has 1 N–H and O–H groups in total. The van der Waals surface area contributed by atoms with Crippen LogP contribution >= 0.6 is 0 Å². The van der Waals surface area contributed by atoms with E-state index in [2.05, 4.69) is 17.4 Å². The number of rotatable bonds is 6. The Kier molecular flexibility index (Phi) is 6.00. The summed E-state index contributed by atoms with van der Waals surface area (Å²) in [5.41, 5.74) is 4.78. The lowest BCUT2D eigenvalue weighted by Crippen LogP contribution is -2.09. The van der Waals surface area contributed by atoms with Gasteiger partial charge in [0.1, 0.15) is 6.61 Å². The number of carbonyl (C=O) groups excluding carboxylic acids is 2. The number of anilines is 1. The molecule has 0 aliphatic carbocycles. The van der Waals surface area contributed by atoms with Crippen LogP contribution in [0.1, 0.15) is 18.1 Å². The zero-order chi connectivity index (χ0) is 19.1. The van der Waals surface area contributed by atoms with Gasteiger partial charge >= 0.3 is 5.97 Å². The van der Waals surface area contributed by atoms with Gasteiger partial charge in [-0.25, -0.2) is 0 Å². The Bertz CT molecular complexity index is 901. The maximum atomic E-state index is 12.0. The lowest BCUT2D eigenvalue weighted by atomic mass is 10.0. The predicted octanol–water partition coefficient (Wildman–Crippen LogP) is 4.60. The molecule has 0 radical (unpaired) electrons. The number of esters is 1. The summed E-state index contributed by atoms with van der Waals surface area (Å²) >= 11 is 0. The van der Waals surface area contributed by atoms with Crippen LogP contribution in [-0.2, 0) is 27.4 Å². The zero-order valence-electron chi connectivity index (χ0n) is 15.1. The summed E-state index contributed by atoms with van der Waals surface area (Å²) in [5, 5.41) is 2.69. The molecule has 0 aromatic heterocycles. The lowest BCUT2D eigenvalue weighted by Gasteiger charge is -2.07. The molecule has 0 heterocycles. The summed E-state index contributed by atoms with van der Waals surface area (Å²) in [7, 11) is 0. The summed E-state index contributed by atoms with van der Waals surface area (Å²) in [4.78, 5) is 23.1. The van der Waals surface area contributed by atoms with Crippen molar-refractivity contribution < 1.29 is 14.3 Å². The van der Waals surface area contributed by atoms with Crippen LogP contribution in [0.15, 0.2) is 78.9 Å². The third-order valence-electron chi connectivity index (χ3n) is 4.08. The lowest BCUT2D eigenvalue weighted by molar-refractivity contribution is -0.144. The minimum absolute atomic E-state index is 0.125. The molecule has 0 atom stereocenters. The van der Waals surface area contributed by atoms with Crippen LogP contribution in [0, 0.1) is 0 Å². The molecule has 1 amide bonds. The smallest absolute Gasteiger partial charge is 0.310 e. The average Bonchev–Trinajstić information content (AvgIpc) is 2.69. The molecule has 0 aliphatic rings. The summed E-state index contributed by atoms with van der Waals surface area (Å²) in [5.74, 6) is -0.408. The van der Waals surface area contributed by atoms with Crippen LogP contribution in [0.25, 0.3) is 11.1 Å². The molecule has 4 heteroatoms. The van der Waals surface area contributed by atoms with E-state index in [4.69, 9.17) is 4.74 Å². The van der Waals surface area contributed by atoms with E-state index in [9.17, 15) is 9.59 Å². The molecule has 0 spiro atoms. The van der Waals surface area contributed by atoms with Gasteiger partial charge in [0.2, 0.25) is 5.91 Å². The Morgan fingerprint density at radius 3 is 2.00 bits per heavy atom. The maximum Gasteiger partial charge on any atom is 0.310 e. The van der Waals surface area contributed by atoms with Gasteiger partial charge in [0.15, 0.2) is 0 Å². The Balaban J connectivity index is 1.51. The van der Waals surface area contributed by atoms with Crippen LogP contribution in [0.4, 0.5) is 5.69 Å². The Morgan fingerprint density at radius 2 is 1.37 bits per heavy atom. The topological polar surface area (TPSA) is 55.4 Å². The number of benzene rings is 3. The second-order valence-electron chi connectivity index (χ2n) is 6.28. The SMILES string of the molecule is CC(=O)Nc1ccc(CC(=O)OCc2ccc(-c3ccccc3)cc2)cc1. The van der Waals surface area contributed by atoms with Gasteiger partial charge in [0.25, 0.3) is 0 Å². The van der Waals surface area contributed by atoms with Crippen LogP contribution < -0.4 is 5.32 Å². The third kappa shape index (κ3) is 5.54. The van der Waals surface area contributed by atoms with Crippen molar-refractivity contribution >= 4 is 17.6 Å². The van der Waals surface area contributed by atoms with Gasteiger partial charge in [0, 0.05) is 12.6 Å². The maximum absolute atomic E-state index is 12.0. The Labute approximate surface area is 158 Å². The molecule has 0 fully saturated rings.